The van der Waals surface area contributed by atoms with E-state index < -0.39 is 0 Å². The average Bonchev–Trinajstić information content (AvgIpc) is 2.30. The van der Waals surface area contributed by atoms with Crippen molar-refractivity contribution in [1.82, 2.24) is 4.98 Å². The van der Waals surface area contributed by atoms with Gasteiger partial charge in [-0.2, -0.15) is 0 Å². The quantitative estimate of drug-likeness (QED) is 0.749. The van der Waals surface area contributed by atoms with Crippen LogP contribution in [0.25, 0.3) is 11.1 Å². The third kappa shape index (κ3) is 2.69. The summed E-state index contributed by atoms with van der Waals surface area (Å²) in [5.41, 5.74) is 3.76. The third-order valence-electron chi connectivity index (χ3n) is 2.55. The van der Waals surface area contributed by atoms with Gasteiger partial charge >= 0.3 is 0 Å². The first-order valence-corrected chi connectivity index (χ1v) is 5.75. The fourth-order valence-electron chi connectivity index (χ4n) is 1.86. The molecule has 0 fully saturated rings. The molecule has 0 aliphatic rings. The molecule has 0 spiro atoms. The molecule has 0 amide bonds. The van der Waals surface area contributed by atoms with E-state index in [-0.39, 0.29) is 0 Å². The van der Waals surface area contributed by atoms with Gasteiger partial charge in [0.1, 0.15) is 0 Å². The lowest BCUT2D eigenvalue weighted by atomic mass is 10.0. The molecule has 0 saturated heterocycles. The zero-order valence-corrected chi connectivity index (χ0v) is 9.85. The summed E-state index contributed by atoms with van der Waals surface area (Å²) in [5.74, 6) is 0.674. The van der Waals surface area contributed by atoms with Crippen molar-refractivity contribution in [2.45, 2.75) is 20.3 Å². The summed E-state index contributed by atoms with van der Waals surface area (Å²) in [6.07, 6.45) is 4.99. The number of benzene rings is 1. The second-order valence-corrected chi connectivity index (χ2v) is 4.55. The second kappa shape index (κ2) is 4.93. The minimum absolute atomic E-state index is 0.674. The number of aromatic nitrogens is 1. The monoisotopic (exact) mass is 211 g/mol. The first-order valence-electron chi connectivity index (χ1n) is 5.75. The molecule has 0 atom stereocenters. The summed E-state index contributed by atoms with van der Waals surface area (Å²) in [7, 11) is 0. The SMILES string of the molecule is CC(C)Cc1cncc(-c2ccccc2)c1. The Kier molecular flexibility index (Phi) is 3.35. The van der Waals surface area contributed by atoms with Crippen LogP contribution in [0.3, 0.4) is 0 Å². The predicted molar refractivity (Wildman–Crippen MR) is 68.2 cm³/mol. The van der Waals surface area contributed by atoms with Gasteiger partial charge in [0.2, 0.25) is 0 Å². The Morgan fingerprint density at radius 2 is 1.75 bits per heavy atom. The summed E-state index contributed by atoms with van der Waals surface area (Å²) in [6.45, 7) is 4.46. The van der Waals surface area contributed by atoms with Crippen LogP contribution < -0.4 is 0 Å². The first kappa shape index (κ1) is 10.9. The van der Waals surface area contributed by atoms with Crippen LogP contribution in [0.2, 0.25) is 0 Å². The fourth-order valence-corrected chi connectivity index (χ4v) is 1.86. The van der Waals surface area contributed by atoms with Crippen LogP contribution in [0.1, 0.15) is 19.4 Å². The zero-order chi connectivity index (χ0) is 11.4. The van der Waals surface area contributed by atoms with E-state index in [4.69, 9.17) is 0 Å². The molecular formula is C15H17N. The van der Waals surface area contributed by atoms with Gasteiger partial charge in [0.15, 0.2) is 0 Å². The average molecular weight is 211 g/mol. The smallest absolute Gasteiger partial charge is 0.0346 e. The molecule has 0 aliphatic carbocycles. The van der Waals surface area contributed by atoms with Crippen molar-refractivity contribution in [3.63, 3.8) is 0 Å². The highest BCUT2D eigenvalue weighted by atomic mass is 14.6. The maximum absolute atomic E-state index is 4.31. The van der Waals surface area contributed by atoms with Crippen molar-refractivity contribution in [3.8, 4) is 11.1 Å². The first-order chi connectivity index (χ1) is 7.75. The Labute approximate surface area is 97.2 Å². The lowest BCUT2D eigenvalue weighted by Crippen LogP contribution is -1.95. The standard InChI is InChI=1S/C15H17N/c1-12(2)8-13-9-15(11-16-10-13)14-6-4-3-5-7-14/h3-7,9-12H,8H2,1-2H3. The van der Waals surface area contributed by atoms with Crippen molar-refractivity contribution >= 4 is 0 Å². The van der Waals surface area contributed by atoms with Gasteiger partial charge in [0.25, 0.3) is 0 Å². The van der Waals surface area contributed by atoms with Crippen LogP contribution in [0.5, 0.6) is 0 Å². The highest BCUT2D eigenvalue weighted by Crippen LogP contribution is 2.19. The third-order valence-corrected chi connectivity index (χ3v) is 2.55. The molecular weight excluding hydrogens is 194 g/mol. The zero-order valence-electron chi connectivity index (χ0n) is 9.85. The maximum Gasteiger partial charge on any atom is 0.0346 e. The number of nitrogens with zero attached hydrogens (tertiary/aromatic N) is 1. The van der Waals surface area contributed by atoms with Crippen molar-refractivity contribution in [3.05, 3.63) is 54.4 Å². The van der Waals surface area contributed by atoms with Gasteiger partial charge in [0.05, 0.1) is 0 Å². The second-order valence-electron chi connectivity index (χ2n) is 4.55. The molecule has 0 radical (unpaired) electrons. The molecule has 0 N–H and O–H groups in total. The summed E-state index contributed by atoms with van der Waals surface area (Å²) in [4.78, 5) is 4.31. The van der Waals surface area contributed by atoms with Gasteiger partial charge in [-0.25, -0.2) is 0 Å². The van der Waals surface area contributed by atoms with E-state index in [1.54, 1.807) is 0 Å². The van der Waals surface area contributed by atoms with Gasteiger partial charge < -0.3 is 0 Å². The minimum atomic E-state index is 0.674. The molecule has 0 saturated carbocycles. The molecule has 82 valence electrons. The van der Waals surface area contributed by atoms with Gasteiger partial charge in [-0.15, -0.1) is 0 Å². The van der Waals surface area contributed by atoms with Crippen LogP contribution in [0.4, 0.5) is 0 Å². The summed E-state index contributed by atoms with van der Waals surface area (Å²) < 4.78 is 0. The molecule has 1 aromatic heterocycles. The number of rotatable bonds is 3. The molecule has 2 aromatic rings. The molecule has 0 unspecified atom stereocenters. The summed E-state index contributed by atoms with van der Waals surface area (Å²) in [5, 5.41) is 0. The lowest BCUT2D eigenvalue weighted by Gasteiger charge is -2.06. The molecule has 2 rings (SSSR count). The van der Waals surface area contributed by atoms with Crippen molar-refractivity contribution < 1.29 is 0 Å². The summed E-state index contributed by atoms with van der Waals surface area (Å²) >= 11 is 0. The van der Waals surface area contributed by atoms with Crippen LogP contribution >= 0.6 is 0 Å². The van der Waals surface area contributed by atoms with E-state index in [0.717, 1.165) is 6.42 Å². The molecule has 1 heteroatoms. The van der Waals surface area contributed by atoms with E-state index in [0.29, 0.717) is 5.92 Å². The van der Waals surface area contributed by atoms with Crippen molar-refractivity contribution in [2.75, 3.05) is 0 Å². The van der Waals surface area contributed by atoms with E-state index in [2.05, 4.69) is 49.2 Å². The van der Waals surface area contributed by atoms with Crippen LogP contribution in [-0.4, -0.2) is 4.98 Å². The normalized spacial score (nSPS) is 10.7. The Morgan fingerprint density at radius 1 is 1.00 bits per heavy atom. The van der Waals surface area contributed by atoms with Gasteiger partial charge in [0, 0.05) is 18.0 Å². The Balaban J connectivity index is 2.29. The Morgan fingerprint density at radius 3 is 2.44 bits per heavy atom. The highest BCUT2D eigenvalue weighted by Gasteiger charge is 2.01. The van der Waals surface area contributed by atoms with Gasteiger partial charge in [-0.1, -0.05) is 44.2 Å². The molecule has 0 bridgehead atoms. The highest BCUT2D eigenvalue weighted by molar-refractivity contribution is 5.62. The van der Waals surface area contributed by atoms with Crippen molar-refractivity contribution in [2.24, 2.45) is 5.92 Å². The molecule has 1 nitrogen and oxygen atoms in total. The Hall–Kier alpha value is -1.63. The predicted octanol–water partition coefficient (Wildman–Crippen LogP) is 3.95. The van der Waals surface area contributed by atoms with Crippen LogP contribution in [-0.2, 0) is 6.42 Å². The molecule has 0 aliphatic heterocycles. The van der Waals surface area contributed by atoms with Crippen LogP contribution in [0.15, 0.2) is 48.8 Å². The minimum Gasteiger partial charge on any atom is -0.264 e. The van der Waals surface area contributed by atoms with E-state index in [1.165, 1.54) is 16.7 Å². The van der Waals surface area contributed by atoms with E-state index in [9.17, 15) is 0 Å². The van der Waals surface area contributed by atoms with Crippen molar-refractivity contribution in [1.29, 1.82) is 0 Å². The van der Waals surface area contributed by atoms with E-state index >= 15 is 0 Å². The lowest BCUT2D eigenvalue weighted by molar-refractivity contribution is 0.646. The fraction of sp³-hybridized carbons (Fsp3) is 0.267. The van der Waals surface area contributed by atoms with E-state index in [1.807, 2.05) is 18.5 Å². The summed E-state index contributed by atoms with van der Waals surface area (Å²) in [6, 6.07) is 12.6. The topological polar surface area (TPSA) is 12.9 Å². The van der Waals surface area contributed by atoms with Gasteiger partial charge in [-0.05, 0) is 29.5 Å². The molecule has 1 heterocycles. The number of pyridine rings is 1. The van der Waals surface area contributed by atoms with Gasteiger partial charge in [-0.3, -0.25) is 4.98 Å². The Bertz CT molecular complexity index is 446. The maximum atomic E-state index is 4.31. The number of hydrogen-bond acceptors (Lipinski definition) is 1. The molecule has 1 aromatic carbocycles. The largest absolute Gasteiger partial charge is 0.264 e. The number of hydrogen-bond donors (Lipinski definition) is 0. The van der Waals surface area contributed by atoms with Crippen LogP contribution in [0, 0.1) is 5.92 Å². The molecule has 16 heavy (non-hydrogen) atoms.